The number of alkyl halides is 1. The third kappa shape index (κ3) is 4.35. The number of nitrogens with one attached hydrogen (secondary N) is 3. The van der Waals surface area contributed by atoms with Crippen molar-refractivity contribution < 1.29 is 9.13 Å². The summed E-state index contributed by atoms with van der Waals surface area (Å²) >= 11 is 0. The summed E-state index contributed by atoms with van der Waals surface area (Å²) in [6.07, 6.45) is 3.73. The molecular weight excluding hydrogens is 409 g/mol. The first-order valence-electron chi connectivity index (χ1n) is 9.24. The summed E-state index contributed by atoms with van der Waals surface area (Å²) in [7, 11) is 1.57. The summed E-state index contributed by atoms with van der Waals surface area (Å²) in [5.74, 6) is 1.58. The predicted molar refractivity (Wildman–Crippen MR) is 113 cm³/mol. The molecule has 30 heavy (non-hydrogen) atoms. The van der Waals surface area contributed by atoms with Crippen molar-refractivity contribution in [1.82, 2.24) is 25.5 Å². The molecule has 4 rings (SSSR count). The molecule has 10 heteroatoms. The third-order valence-corrected chi connectivity index (χ3v) is 5.01. The highest BCUT2D eigenvalue weighted by Gasteiger charge is 2.34. The maximum Gasteiger partial charge on any atom is 0.158 e. The minimum Gasteiger partial charge on any atom is -0.496 e. The van der Waals surface area contributed by atoms with Crippen LogP contribution in [0.2, 0.25) is 0 Å². The van der Waals surface area contributed by atoms with Gasteiger partial charge in [-0.25, -0.2) is 14.4 Å². The molecule has 3 N–H and O–H groups in total. The number of H-pyrrole nitrogens is 1. The molecule has 1 aliphatic rings. The van der Waals surface area contributed by atoms with Crippen molar-refractivity contribution in [3.05, 3.63) is 47.9 Å². The Morgan fingerprint density at radius 1 is 1.17 bits per heavy atom. The van der Waals surface area contributed by atoms with Gasteiger partial charge < -0.3 is 15.4 Å². The average Bonchev–Trinajstić information content (AvgIpc) is 3.22. The van der Waals surface area contributed by atoms with Crippen molar-refractivity contribution in [2.45, 2.75) is 18.5 Å². The number of aromatic nitrogens is 4. The highest BCUT2D eigenvalue weighted by molar-refractivity contribution is 5.85. The lowest BCUT2D eigenvalue weighted by Gasteiger charge is -2.30. The Morgan fingerprint density at radius 3 is 2.63 bits per heavy atom. The van der Waals surface area contributed by atoms with Crippen molar-refractivity contribution in [2.75, 3.05) is 25.5 Å². The van der Waals surface area contributed by atoms with Crippen molar-refractivity contribution in [2.24, 2.45) is 0 Å². The molecule has 8 nitrogen and oxygen atoms in total. The van der Waals surface area contributed by atoms with Crippen LogP contribution in [0.4, 0.5) is 16.0 Å². The van der Waals surface area contributed by atoms with Crippen LogP contribution in [0.3, 0.4) is 0 Å². The normalized spacial score (nSPS) is 15.0. The van der Waals surface area contributed by atoms with Crippen LogP contribution in [-0.4, -0.2) is 40.4 Å². The second kappa shape index (κ2) is 9.07. The van der Waals surface area contributed by atoms with E-state index in [1.54, 1.807) is 19.2 Å². The zero-order valence-electron chi connectivity index (χ0n) is 16.3. The minimum atomic E-state index is -1.34. The number of anilines is 2. The van der Waals surface area contributed by atoms with Gasteiger partial charge >= 0.3 is 0 Å². The molecule has 3 aromatic rings. The molecule has 3 heterocycles. The molecule has 1 saturated heterocycles. The second-order valence-electron chi connectivity index (χ2n) is 6.82. The first-order valence-corrected chi connectivity index (χ1v) is 9.24. The molecule has 0 amide bonds. The van der Waals surface area contributed by atoms with E-state index in [4.69, 9.17) is 10.00 Å². The Balaban J connectivity index is 0.00000256. The number of rotatable bonds is 5. The quantitative estimate of drug-likeness (QED) is 0.569. The fourth-order valence-electron chi connectivity index (χ4n) is 3.41. The van der Waals surface area contributed by atoms with Gasteiger partial charge in [0, 0.05) is 11.6 Å². The molecule has 1 fully saturated rings. The monoisotopic (exact) mass is 429 g/mol. The lowest BCUT2D eigenvalue weighted by molar-refractivity contribution is 0.115. The van der Waals surface area contributed by atoms with E-state index in [2.05, 4.69) is 30.8 Å². The molecule has 0 bridgehead atoms. The van der Waals surface area contributed by atoms with Crippen LogP contribution in [0, 0.1) is 11.3 Å². The van der Waals surface area contributed by atoms with E-state index >= 15 is 4.39 Å². The van der Waals surface area contributed by atoms with Crippen molar-refractivity contribution in [3.63, 3.8) is 0 Å². The summed E-state index contributed by atoms with van der Waals surface area (Å²) in [6.45, 7) is 1.32. The van der Waals surface area contributed by atoms with Crippen LogP contribution in [0.5, 0.6) is 5.75 Å². The number of hydrogen-bond donors (Lipinski definition) is 3. The van der Waals surface area contributed by atoms with Crippen LogP contribution in [0.1, 0.15) is 24.1 Å². The van der Waals surface area contributed by atoms with Crippen LogP contribution in [-0.2, 0) is 5.67 Å². The largest absolute Gasteiger partial charge is 0.496 e. The van der Waals surface area contributed by atoms with Gasteiger partial charge in [0.05, 0.1) is 25.2 Å². The topological polar surface area (TPSA) is 112 Å². The van der Waals surface area contributed by atoms with E-state index < -0.39 is 5.67 Å². The van der Waals surface area contributed by atoms with Crippen LogP contribution < -0.4 is 15.4 Å². The molecule has 1 aromatic carbocycles. The number of halogens is 2. The van der Waals surface area contributed by atoms with Crippen molar-refractivity contribution in [3.8, 4) is 23.1 Å². The number of nitrogens with zero attached hydrogens (tertiary/aromatic N) is 4. The molecule has 0 saturated carbocycles. The molecule has 0 unspecified atom stereocenters. The molecule has 2 aromatic heterocycles. The fraction of sp³-hybridized carbons (Fsp3) is 0.300. The maximum absolute atomic E-state index is 15.3. The van der Waals surface area contributed by atoms with Gasteiger partial charge in [0.1, 0.15) is 23.3 Å². The SMILES string of the molecule is COc1cc(C2(F)CCNCC2)ccc1-c1cc(Nc2cnc(C#N)cn2)n[nH]1.Cl. The molecule has 0 spiro atoms. The zero-order chi connectivity index (χ0) is 20.3. The minimum absolute atomic E-state index is 0. The molecule has 0 atom stereocenters. The molecule has 0 radical (unpaired) electrons. The van der Waals surface area contributed by atoms with Gasteiger partial charge in [-0.2, -0.15) is 10.4 Å². The predicted octanol–water partition coefficient (Wildman–Crippen LogP) is 3.46. The summed E-state index contributed by atoms with van der Waals surface area (Å²) < 4.78 is 20.8. The summed E-state index contributed by atoms with van der Waals surface area (Å²) in [4.78, 5) is 8.07. The Kier molecular flexibility index (Phi) is 6.50. The second-order valence-corrected chi connectivity index (χ2v) is 6.82. The Labute approximate surface area is 179 Å². The van der Waals surface area contributed by atoms with Crippen molar-refractivity contribution >= 4 is 24.0 Å². The number of ether oxygens (including phenoxy) is 1. The van der Waals surface area contributed by atoms with Gasteiger partial charge in [0.2, 0.25) is 0 Å². The van der Waals surface area contributed by atoms with Gasteiger partial charge in [-0.05, 0) is 43.6 Å². The lowest BCUT2D eigenvalue weighted by Crippen LogP contribution is -2.36. The standard InChI is InChI=1S/C20H20FN7O.ClH/c1-29-17-8-13(20(21)4-6-23-7-5-20)2-3-15(17)16-9-18(28-27-16)26-19-12-24-14(10-22)11-25-19;/h2-3,8-9,11-12,23H,4-7H2,1H3,(H2,25,26,27,28);1H. The molecule has 156 valence electrons. The number of piperidine rings is 1. The van der Waals surface area contributed by atoms with Gasteiger partial charge in [0.15, 0.2) is 11.5 Å². The number of nitriles is 1. The average molecular weight is 430 g/mol. The first-order chi connectivity index (χ1) is 14.1. The summed E-state index contributed by atoms with van der Waals surface area (Å²) in [5, 5.41) is 22.2. The number of hydrogen-bond acceptors (Lipinski definition) is 7. The van der Waals surface area contributed by atoms with Gasteiger partial charge in [-0.3, -0.25) is 5.10 Å². The zero-order valence-corrected chi connectivity index (χ0v) is 17.1. The molecule has 0 aliphatic carbocycles. The van der Waals surface area contributed by atoms with E-state index in [0.717, 1.165) is 11.3 Å². The molecule has 1 aliphatic heterocycles. The lowest BCUT2D eigenvalue weighted by atomic mass is 9.86. The number of benzene rings is 1. The summed E-state index contributed by atoms with van der Waals surface area (Å²) in [6, 6.07) is 9.14. The van der Waals surface area contributed by atoms with E-state index in [9.17, 15) is 0 Å². The van der Waals surface area contributed by atoms with Gasteiger partial charge in [-0.15, -0.1) is 12.4 Å². The summed E-state index contributed by atoms with van der Waals surface area (Å²) in [5.41, 5.74) is 1.02. The first kappa shape index (κ1) is 21.5. The van der Waals surface area contributed by atoms with E-state index in [0.29, 0.717) is 48.9 Å². The number of aromatic amines is 1. The van der Waals surface area contributed by atoms with Crippen LogP contribution >= 0.6 is 12.4 Å². The van der Waals surface area contributed by atoms with Gasteiger partial charge in [-0.1, -0.05) is 6.07 Å². The smallest absolute Gasteiger partial charge is 0.158 e. The highest BCUT2D eigenvalue weighted by atomic mass is 35.5. The van der Waals surface area contributed by atoms with E-state index in [1.807, 2.05) is 18.2 Å². The Morgan fingerprint density at radius 2 is 1.97 bits per heavy atom. The van der Waals surface area contributed by atoms with E-state index in [1.165, 1.54) is 12.4 Å². The van der Waals surface area contributed by atoms with Crippen LogP contribution in [0.15, 0.2) is 36.7 Å². The Bertz CT molecular complexity index is 1040. The molecular formula is C20H21ClFN7O. The highest BCUT2D eigenvalue weighted by Crippen LogP contribution is 2.39. The van der Waals surface area contributed by atoms with Crippen LogP contribution in [0.25, 0.3) is 11.3 Å². The third-order valence-electron chi connectivity index (χ3n) is 5.01. The number of methoxy groups -OCH3 is 1. The van der Waals surface area contributed by atoms with Gasteiger partial charge in [0.25, 0.3) is 0 Å². The maximum atomic E-state index is 15.3. The van der Waals surface area contributed by atoms with E-state index in [-0.39, 0.29) is 18.1 Å². The Hall–Kier alpha value is -3.22. The van der Waals surface area contributed by atoms with Crippen molar-refractivity contribution in [1.29, 1.82) is 5.26 Å². The fourth-order valence-corrected chi connectivity index (χ4v) is 3.41.